The van der Waals surface area contributed by atoms with E-state index in [0.717, 1.165) is 51.4 Å². The molecular weight excluding hydrogens is 190 g/mol. The molecule has 2 aliphatic heterocycles. The topological polar surface area (TPSA) is 30.5 Å². The first kappa shape index (κ1) is 11.4. The SMILES string of the molecule is C1COCC(CNCC2CCCOC2)C1. The molecule has 3 nitrogen and oxygen atoms in total. The van der Waals surface area contributed by atoms with Gasteiger partial charge in [0.1, 0.15) is 0 Å². The van der Waals surface area contributed by atoms with Crippen LogP contribution in [0, 0.1) is 11.8 Å². The highest BCUT2D eigenvalue weighted by molar-refractivity contribution is 4.69. The molecule has 0 saturated carbocycles. The minimum atomic E-state index is 0.739. The molecule has 88 valence electrons. The summed E-state index contributed by atoms with van der Waals surface area (Å²) >= 11 is 0. The van der Waals surface area contributed by atoms with Gasteiger partial charge in [-0.05, 0) is 37.5 Å². The molecule has 0 radical (unpaired) electrons. The Labute approximate surface area is 92.5 Å². The van der Waals surface area contributed by atoms with Gasteiger partial charge < -0.3 is 14.8 Å². The van der Waals surface area contributed by atoms with Gasteiger partial charge in [-0.25, -0.2) is 0 Å². The fourth-order valence-corrected chi connectivity index (χ4v) is 2.43. The van der Waals surface area contributed by atoms with E-state index in [1.807, 2.05) is 0 Å². The van der Waals surface area contributed by atoms with Gasteiger partial charge in [-0.15, -0.1) is 0 Å². The van der Waals surface area contributed by atoms with Gasteiger partial charge in [0.25, 0.3) is 0 Å². The average Bonchev–Trinajstić information content (AvgIpc) is 2.32. The lowest BCUT2D eigenvalue weighted by atomic mass is 10.0. The van der Waals surface area contributed by atoms with Gasteiger partial charge in [0, 0.05) is 26.3 Å². The van der Waals surface area contributed by atoms with E-state index in [4.69, 9.17) is 9.47 Å². The highest BCUT2D eigenvalue weighted by Crippen LogP contribution is 2.14. The van der Waals surface area contributed by atoms with Crippen molar-refractivity contribution < 1.29 is 9.47 Å². The Bertz CT molecular complexity index is 145. The van der Waals surface area contributed by atoms with Crippen molar-refractivity contribution in [3.8, 4) is 0 Å². The second-order valence-electron chi connectivity index (χ2n) is 4.82. The van der Waals surface area contributed by atoms with E-state index in [1.165, 1.54) is 25.7 Å². The minimum absolute atomic E-state index is 0.739. The largest absolute Gasteiger partial charge is 0.381 e. The molecule has 0 aromatic carbocycles. The number of rotatable bonds is 4. The molecule has 2 saturated heterocycles. The van der Waals surface area contributed by atoms with Gasteiger partial charge in [-0.3, -0.25) is 0 Å². The van der Waals surface area contributed by atoms with Crippen molar-refractivity contribution in [2.75, 3.05) is 39.5 Å². The van der Waals surface area contributed by atoms with Crippen LogP contribution in [0.2, 0.25) is 0 Å². The Kier molecular flexibility index (Phi) is 4.90. The van der Waals surface area contributed by atoms with Gasteiger partial charge in [-0.2, -0.15) is 0 Å². The quantitative estimate of drug-likeness (QED) is 0.766. The number of hydrogen-bond acceptors (Lipinski definition) is 3. The fraction of sp³-hybridized carbons (Fsp3) is 1.00. The Morgan fingerprint density at radius 1 is 0.867 bits per heavy atom. The lowest BCUT2D eigenvalue weighted by molar-refractivity contribution is 0.0452. The van der Waals surface area contributed by atoms with Gasteiger partial charge in [0.2, 0.25) is 0 Å². The van der Waals surface area contributed by atoms with Crippen molar-refractivity contribution in [3.05, 3.63) is 0 Å². The van der Waals surface area contributed by atoms with Crippen LogP contribution in [0.15, 0.2) is 0 Å². The van der Waals surface area contributed by atoms with Crippen LogP contribution in [0.3, 0.4) is 0 Å². The summed E-state index contributed by atoms with van der Waals surface area (Å²) in [6, 6.07) is 0. The molecule has 1 N–H and O–H groups in total. The monoisotopic (exact) mass is 213 g/mol. The molecule has 2 fully saturated rings. The maximum atomic E-state index is 5.46. The molecule has 0 amide bonds. The second-order valence-corrected chi connectivity index (χ2v) is 4.82. The Hall–Kier alpha value is -0.120. The van der Waals surface area contributed by atoms with E-state index in [-0.39, 0.29) is 0 Å². The van der Waals surface area contributed by atoms with Gasteiger partial charge in [-0.1, -0.05) is 0 Å². The zero-order chi connectivity index (χ0) is 10.3. The summed E-state index contributed by atoms with van der Waals surface area (Å²) < 4.78 is 10.9. The zero-order valence-electron chi connectivity index (χ0n) is 9.54. The van der Waals surface area contributed by atoms with E-state index in [1.54, 1.807) is 0 Å². The highest BCUT2D eigenvalue weighted by atomic mass is 16.5. The molecule has 3 heteroatoms. The van der Waals surface area contributed by atoms with Crippen LogP contribution in [0.5, 0.6) is 0 Å². The Morgan fingerprint density at radius 2 is 1.40 bits per heavy atom. The van der Waals surface area contributed by atoms with Crippen LogP contribution in [-0.2, 0) is 9.47 Å². The van der Waals surface area contributed by atoms with Crippen molar-refractivity contribution in [1.82, 2.24) is 5.32 Å². The van der Waals surface area contributed by atoms with Gasteiger partial charge in [0.05, 0.1) is 13.2 Å². The molecule has 0 aliphatic carbocycles. The first-order chi connectivity index (χ1) is 7.45. The first-order valence-electron chi connectivity index (χ1n) is 6.31. The van der Waals surface area contributed by atoms with Crippen molar-refractivity contribution in [3.63, 3.8) is 0 Å². The third-order valence-electron chi connectivity index (χ3n) is 3.38. The third-order valence-corrected chi connectivity index (χ3v) is 3.38. The molecule has 2 rings (SSSR count). The summed E-state index contributed by atoms with van der Waals surface area (Å²) in [5.74, 6) is 1.48. The molecule has 0 aromatic heterocycles. The number of ether oxygens (including phenoxy) is 2. The molecular formula is C12H23NO2. The second kappa shape index (κ2) is 6.46. The van der Waals surface area contributed by atoms with Crippen molar-refractivity contribution in [2.45, 2.75) is 25.7 Å². The molecule has 2 atom stereocenters. The van der Waals surface area contributed by atoms with E-state index >= 15 is 0 Å². The average molecular weight is 213 g/mol. The van der Waals surface area contributed by atoms with Crippen LogP contribution >= 0.6 is 0 Å². The standard InChI is InChI=1S/C12H23NO2/c1-3-11(9-14-5-1)7-13-8-12-4-2-6-15-10-12/h11-13H,1-10H2. The summed E-state index contributed by atoms with van der Waals surface area (Å²) in [4.78, 5) is 0. The van der Waals surface area contributed by atoms with Crippen LogP contribution in [0.1, 0.15) is 25.7 Å². The van der Waals surface area contributed by atoms with Crippen molar-refractivity contribution in [2.24, 2.45) is 11.8 Å². The minimum Gasteiger partial charge on any atom is -0.381 e. The van der Waals surface area contributed by atoms with Crippen molar-refractivity contribution >= 4 is 0 Å². The lowest BCUT2D eigenvalue weighted by Crippen LogP contribution is -2.34. The zero-order valence-corrected chi connectivity index (χ0v) is 9.54. The smallest absolute Gasteiger partial charge is 0.0506 e. The van der Waals surface area contributed by atoms with E-state index in [0.29, 0.717) is 0 Å². The van der Waals surface area contributed by atoms with E-state index < -0.39 is 0 Å². The predicted octanol–water partition coefficient (Wildman–Crippen LogP) is 1.43. The summed E-state index contributed by atoms with van der Waals surface area (Å²) in [7, 11) is 0. The van der Waals surface area contributed by atoms with Crippen LogP contribution in [-0.4, -0.2) is 39.5 Å². The van der Waals surface area contributed by atoms with Gasteiger partial charge in [0.15, 0.2) is 0 Å². The maximum Gasteiger partial charge on any atom is 0.0506 e. The number of nitrogens with one attached hydrogen (secondary N) is 1. The van der Waals surface area contributed by atoms with Crippen molar-refractivity contribution in [1.29, 1.82) is 0 Å². The maximum absolute atomic E-state index is 5.46. The molecule has 2 aliphatic rings. The summed E-state index contributed by atoms with van der Waals surface area (Å²) in [5.41, 5.74) is 0. The van der Waals surface area contributed by atoms with Crippen LogP contribution in [0.25, 0.3) is 0 Å². The Morgan fingerprint density at radius 3 is 1.80 bits per heavy atom. The van der Waals surface area contributed by atoms with E-state index in [2.05, 4.69) is 5.32 Å². The summed E-state index contributed by atoms with van der Waals surface area (Å²) in [6.07, 6.45) is 5.13. The molecule has 0 bridgehead atoms. The number of hydrogen-bond donors (Lipinski definition) is 1. The fourth-order valence-electron chi connectivity index (χ4n) is 2.43. The molecule has 0 spiro atoms. The highest BCUT2D eigenvalue weighted by Gasteiger charge is 2.16. The molecule has 2 heterocycles. The summed E-state index contributed by atoms with van der Waals surface area (Å²) in [6.45, 7) is 6.08. The lowest BCUT2D eigenvalue weighted by Gasteiger charge is -2.25. The first-order valence-corrected chi connectivity index (χ1v) is 6.31. The molecule has 0 aromatic rings. The summed E-state index contributed by atoms with van der Waals surface area (Å²) in [5, 5.41) is 3.56. The molecule has 15 heavy (non-hydrogen) atoms. The predicted molar refractivity (Wildman–Crippen MR) is 60.0 cm³/mol. The Balaban J connectivity index is 1.53. The normalized spacial score (nSPS) is 32.8. The van der Waals surface area contributed by atoms with Crippen LogP contribution in [0.4, 0.5) is 0 Å². The third kappa shape index (κ3) is 4.09. The molecule has 2 unspecified atom stereocenters. The van der Waals surface area contributed by atoms with Crippen LogP contribution < -0.4 is 5.32 Å². The van der Waals surface area contributed by atoms with Gasteiger partial charge >= 0.3 is 0 Å². The van der Waals surface area contributed by atoms with E-state index in [9.17, 15) is 0 Å².